The predicted octanol–water partition coefficient (Wildman–Crippen LogP) is 3.13. The molecule has 10 heteroatoms. The van der Waals surface area contributed by atoms with Gasteiger partial charge in [0, 0.05) is 18.7 Å². The van der Waals surface area contributed by atoms with E-state index in [2.05, 4.69) is 0 Å². The molecule has 0 saturated carbocycles. The quantitative estimate of drug-likeness (QED) is 0.427. The number of ether oxygens (including phenoxy) is 4. The van der Waals surface area contributed by atoms with Gasteiger partial charge >= 0.3 is 17.7 Å². The Balaban J connectivity index is 1.96. The topological polar surface area (TPSA) is 117 Å². The van der Waals surface area contributed by atoms with E-state index in [1.165, 1.54) is 6.07 Å². The Kier molecular flexibility index (Phi) is 5.36. The average Bonchev–Trinajstić information content (AvgIpc) is 3.14. The molecule has 3 rings (SSSR count). The third-order valence-corrected chi connectivity index (χ3v) is 4.41. The van der Waals surface area contributed by atoms with Crippen LogP contribution in [0, 0.1) is 10.1 Å². The van der Waals surface area contributed by atoms with E-state index >= 15 is 0 Å². The van der Waals surface area contributed by atoms with E-state index in [1.54, 1.807) is 31.7 Å². The number of nitro groups is 1. The lowest BCUT2D eigenvalue weighted by Crippen LogP contribution is -2.39. The molecule has 2 aliphatic rings. The second-order valence-corrected chi connectivity index (χ2v) is 7.54. The summed E-state index contributed by atoms with van der Waals surface area (Å²) in [5, 5.41) is 11.5. The zero-order valence-corrected chi connectivity index (χ0v) is 16.6. The fourth-order valence-electron chi connectivity index (χ4n) is 3.15. The van der Waals surface area contributed by atoms with Crippen molar-refractivity contribution in [1.29, 1.82) is 0 Å². The van der Waals surface area contributed by atoms with E-state index in [1.807, 2.05) is 0 Å². The molecule has 0 saturated heterocycles. The molecular formula is C19H22N2O8. The largest absolute Gasteiger partial charge is 0.465 e. The van der Waals surface area contributed by atoms with Crippen molar-refractivity contribution in [3.8, 4) is 11.5 Å². The van der Waals surface area contributed by atoms with Crippen LogP contribution in [0.5, 0.6) is 11.5 Å². The molecule has 0 aliphatic carbocycles. The minimum absolute atomic E-state index is 0.0941. The number of methoxy groups -OCH3 is 1. The SMILES string of the molecule is COC(=O)c1cc(C2=CCN(C(=O)OC(C)(C)C)CC2)c2c(c1[N+](=O)[O-])OCO2. The van der Waals surface area contributed by atoms with Gasteiger partial charge in [0.2, 0.25) is 12.5 Å². The Bertz CT molecular complexity index is 900. The number of benzene rings is 1. The molecule has 1 aromatic rings. The molecule has 0 radical (unpaired) electrons. The van der Waals surface area contributed by atoms with Crippen LogP contribution in [0.25, 0.3) is 5.57 Å². The molecule has 2 aliphatic heterocycles. The highest BCUT2D eigenvalue weighted by molar-refractivity contribution is 5.98. The van der Waals surface area contributed by atoms with Crippen molar-refractivity contribution in [2.45, 2.75) is 32.8 Å². The van der Waals surface area contributed by atoms with Gasteiger partial charge in [-0.2, -0.15) is 0 Å². The van der Waals surface area contributed by atoms with Crippen LogP contribution < -0.4 is 9.47 Å². The standard InChI is InChI=1S/C19H22N2O8/c1-19(2,3)29-18(23)20-7-5-11(6-8-20)12-9-13(17(22)26-4)14(21(24)25)16-15(12)27-10-28-16/h5,9H,6-8,10H2,1-4H3. The fraction of sp³-hybridized carbons (Fsp3) is 0.474. The first-order valence-electron chi connectivity index (χ1n) is 8.99. The summed E-state index contributed by atoms with van der Waals surface area (Å²) in [6.45, 7) is 5.88. The van der Waals surface area contributed by atoms with Crippen LogP contribution in [0.3, 0.4) is 0 Å². The molecule has 0 atom stereocenters. The van der Waals surface area contributed by atoms with Crippen LogP contribution in [0.1, 0.15) is 43.1 Å². The van der Waals surface area contributed by atoms with Crippen molar-refractivity contribution in [3.05, 3.63) is 33.4 Å². The van der Waals surface area contributed by atoms with Gasteiger partial charge in [0.15, 0.2) is 5.75 Å². The number of nitro benzene ring substituents is 1. The Labute approximate surface area is 167 Å². The van der Waals surface area contributed by atoms with E-state index in [0.29, 0.717) is 25.1 Å². The summed E-state index contributed by atoms with van der Waals surface area (Å²) in [5.41, 5.74) is -0.00743. The molecular weight excluding hydrogens is 384 g/mol. The third kappa shape index (κ3) is 4.10. The first kappa shape index (κ1) is 20.4. The Morgan fingerprint density at radius 2 is 1.93 bits per heavy atom. The normalized spacial score (nSPS) is 15.6. The van der Waals surface area contributed by atoms with E-state index in [4.69, 9.17) is 18.9 Å². The summed E-state index contributed by atoms with van der Waals surface area (Å²) < 4.78 is 20.8. The monoisotopic (exact) mass is 406 g/mol. The van der Waals surface area contributed by atoms with Crippen LogP contribution in [-0.4, -0.2) is 54.5 Å². The number of rotatable bonds is 3. The van der Waals surface area contributed by atoms with Crippen LogP contribution in [0.4, 0.5) is 10.5 Å². The van der Waals surface area contributed by atoms with Crippen molar-refractivity contribution in [1.82, 2.24) is 4.90 Å². The maximum Gasteiger partial charge on any atom is 0.410 e. The number of amides is 1. The number of fused-ring (bicyclic) bond motifs is 1. The molecule has 0 N–H and O–H groups in total. The fourth-order valence-corrected chi connectivity index (χ4v) is 3.15. The molecule has 0 bridgehead atoms. The molecule has 29 heavy (non-hydrogen) atoms. The highest BCUT2D eigenvalue weighted by Gasteiger charge is 2.37. The number of hydrogen-bond acceptors (Lipinski definition) is 8. The van der Waals surface area contributed by atoms with Crippen molar-refractivity contribution in [2.24, 2.45) is 0 Å². The van der Waals surface area contributed by atoms with Gasteiger partial charge in [-0.25, -0.2) is 9.59 Å². The average molecular weight is 406 g/mol. The number of nitrogens with zero attached hydrogens (tertiary/aromatic N) is 2. The van der Waals surface area contributed by atoms with E-state index < -0.39 is 28.3 Å². The number of carbonyl (C=O) groups is 2. The van der Waals surface area contributed by atoms with Gasteiger partial charge in [-0.05, 0) is 38.8 Å². The molecule has 10 nitrogen and oxygen atoms in total. The number of carbonyl (C=O) groups excluding carboxylic acids is 2. The lowest BCUT2D eigenvalue weighted by molar-refractivity contribution is -0.386. The zero-order valence-electron chi connectivity index (χ0n) is 16.6. The van der Waals surface area contributed by atoms with Gasteiger partial charge in [0.1, 0.15) is 11.2 Å². The maximum absolute atomic E-state index is 12.2. The number of esters is 1. The van der Waals surface area contributed by atoms with Crippen molar-refractivity contribution >= 4 is 23.3 Å². The van der Waals surface area contributed by atoms with E-state index in [-0.39, 0.29) is 23.9 Å². The Morgan fingerprint density at radius 1 is 1.24 bits per heavy atom. The smallest absolute Gasteiger partial charge is 0.410 e. The third-order valence-electron chi connectivity index (χ3n) is 4.41. The summed E-state index contributed by atoms with van der Waals surface area (Å²) in [6, 6.07) is 1.38. The Hall–Kier alpha value is -3.30. The second kappa shape index (κ2) is 7.61. The van der Waals surface area contributed by atoms with E-state index in [9.17, 15) is 19.7 Å². The first-order valence-corrected chi connectivity index (χ1v) is 8.99. The van der Waals surface area contributed by atoms with Gasteiger partial charge in [-0.1, -0.05) is 6.08 Å². The van der Waals surface area contributed by atoms with E-state index in [0.717, 1.165) is 12.7 Å². The summed E-state index contributed by atoms with van der Waals surface area (Å²) in [5.74, 6) is -0.729. The van der Waals surface area contributed by atoms with Crippen molar-refractivity contribution < 1.29 is 33.5 Å². The number of hydrogen-bond donors (Lipinski definition) is 0. The van der Waals surface area contributed by atoms with Crippen molar-refractivity contribution in [3.63, 3.8) is 0 Å². The van der Waals surface area contributed by atoms with Gasteiger partial charge in [0.05, 0.1) is 12.0 Å². The van der Waals surface area contributed by atoms with Gasteiger partial charge < -0.3 is 23.8 Å². The molecule has 0 fully saturated rings. The highest BCUT2D eigenvalue weighted by atomic mass is 16.7. The predicted molar refractivity (Wildman–Crippen MR) is 101 cm³/mol. The Morgan fingerprint density at radius 3 is 2.48 bits per heavy atom. The minimum Gasteiger partial charge on any atom is -0.465 e. The highest BCUT2D eigenvalue weighted by Crippen LogP contribution is 2.48. The van der Waals surface area contributed by atoms with Crippen LogP contribution >= 0.6 is 0 Å². The molecule has 0 spiro atoms. The first-order chi connectivity index (χ1) is 13.6. The minimum atomic E-state index is -0.844. The zero-order chi connectivity index (χ0) is 21.3. The molecule has 0 aromatic heterocycles. The summed E-state index contributed by atoms with van der Waals surface area (Å²) in [7, 11) is 1.15. The van der Waals surface area contributed by atoms with Crippen molar-refractivity contribution in [2.75, 3.05) is 27.0 Å². The summed E-state index contributed by atoms with van der Waals surface area (Å²) >= 11 is 0. The molecule has 1 amide bonds. The lowest BCUT2D eigenvalue weighted by atomic mass is 9.95. The van der Waals surface area contributed by atoms with Gasteiger partial charge in [0.25, 0.3) is 0 Å². The summed E-state index contributed by atoms with van der Waals surface area (Å²) in [6.07, 6.45) is 1.84. The van der Waals surface area contributed by atoms with Gasteiger partial charge in [-0.3, -0.25) is 10.1 Å². The van der Waals surface area contributed by atoms with Crippen LogP contribution in [0.2, 0.25) is 0 Å². The molecule has 0 unspecified atom stereocenters. The maximum atomic E-state index is 12.2. The van der Waals surface area contributed by atoms with Gasteiger partial charge in [-0.15, -0.1) is 0 Å². The molecule has 2 heterocycles. The van der Waals surface area contributed by atoms with Crippen LogP contribution in [-0.2, 0) is 9.47 Å². The lowest BCUT2D eigenvalue weighted by Gasteiger charge is -2.29. The molecule has 1 aromatic carbocycles. The van der Waals surface area contributed by atoms with Crippen LogP contribution in [0.15, 0.2) is 12.1 Å². The molecule has 156 valence electrons. The second-order valence-electron chi connectivity index (χ2n) is 7.54. The summed E-state index contributed by atoms with van der Waals surface area (Å²) in [4.78, 5) is 36.7.